The van der Waals surface area contributed by atoms with Crippen molar-refractivity contribution >= 4 is 22.4 Å². The minimum absolute atomic E-state index is 0.236. The van der Waals surface area contributed by atoms with Crippen molar-refractivity contribution < 1.29 is 4.79 Å². The number of aromatic nitrogens is 2. The summed E-state index contributed by atoms with van der Waals surface area (Å²) < 4.78 is 0. The van der Waals surface area contributed by atoms with Crippen LogP contribution in [0, 0.1) is 11.8 Å². The normalized spacial score (nSPS) is 10.1. The second kappa shape index (κ2) is 6.97. The molecule has 5 nitrogen and oxygen atoms in total. The Kier molecular flexibility index (Phi) is 5.04. The molecule has 2 heterocycles. The van der Waals surface area contributed by atoms with Crippen LogP contribution >= 0.6 is 11.3 Å². The van der Waals surface area contributed by atoms with Crippen molar-refractivity contribution in [2.24, 2.45) is 5.73 Å². The van der Waals surface area contributed by atoms with Crippen molar-refractivity contribution in [3.63, 3.8) is 0 Å². The van der Waals surface area contributed by atoms with Crippen LogP contribution in [0.1, 0.15) is 41.4 Å². The van der Waals surface area contributed by atoms with Crippen LogP contribution in [-0.2, 0) is 0 Å². The first-order chi connectivity index (χ1) is 10.1. The first-order valence-electron chi connectivity index (χ1n) is 6.51. The van der Waals surface area contributed by atoms with Gasteiger partial charge < -0.3 is 5.73 Å². The molecule has 2 aromatic rings. The SMILES string of the molecule is CC(C)c1csc(NC(=O)c2ccncc2C#CCN)n1. The molecule has 0 atom stereocenters. The molecular formula is C15H16N4OS. The van der Waals surface area contributed by atoms with Gasteiger partial charge in [-0.3, -0.25) is 15.1 Å². The Labute approximate surface area is 127 Å². The van der Waals surface area contributed by atoms with Crippen molar-refractivity contribution in [3.8, 4) is 11.8 Å². The quantitative estimate of drug-likeness (QED) is 0.852. The van der Waals surface area contributed by atoms with Gasteiger partial charge in [0.25, 0.3) is 5.91 Å². The minimum atomic E-state index is -0.247. The van der Waals surface area contributed by atoms with E-state index in [1.54, 1.807) is 18.5 Å². The number of nitrogens with one attached hydrogen (secondary N) is 1. The molecule has 0 aromatic carbocycles. The summed E-state index contributed by atoms with van der Waals surface area (Å²) in [6, 6.07) is 1.63. The van der Waals surface area contributed by atoms with E-state index in [-0.39, 0.29) is 12.5 Å². The molecule has 3 N–H and O–H groups in total. The summed E-state index contributed by atoms with van der Waals surface area (Å²) in [4.78, 5) is 20.7. The van der Waals surface area contributed by atoms with Crippen molar-refractivity contribution in [3.05, 3.63) is 40.7 Å². The molecule has 0 spiro atoms. The first kappa shape index (κ1) is 15.2. The molecule has 0 unspecified atom stereocenters. The van der Waals surface area contributed by atoms with Crippen molar-refractivity contribution in [2.75, 3.05) is 11.9 Å². The number of rotatable bonds is 3. The monoisotopic (exact) mass is 300 g/mol. The van der Waals surface area contributed by atoms with E-state index in [0.29, 0.717) is 22.2 Å². The molecular weight excluding hydrogens is 284 g/mol. The zero-order chi connectivity index (χ0) is 15.2. The lowest BCUT2D eigenvalue weighted by Crippen LogP contribution is -2.13. The van der Waals surface area contributed by atoms with Crippen LogP contribution < -0.4 is 11.1 Å². The van der Waals surface area contributed by atoms with Gasteiger partial charge in [0.05, 0.1) is 23.4 Å². The molecule has 0 aliphatic carbocycles. The van der Waals surface area contributed by atoms with Gasteiger partial charge in [0.2, 0.25) is 0 Å². The highest BCUT2D eigenvalue weighted by Gasteiger charge is 2.13. The smallest absolute Gasteiger partial charge is 0.258 e. The number of thiazole rings is 1. The second-order valence-corrected chi connectivity index (χ2v) is 5.47. The summed E-state index contributed by atoms with van der Waals surface area (Å²) in [5, 5.41) is 5.32. The molecule has 0 saturated carbocycles. The van der Waals surface area contributed by atoms with E-state index >= 15 is 0 Å². The summed E-state index contributed by atoms with van der Waals surface area (Å²) in [6.45, 7) is 4.36. The predicted molar refractivity (Wildman–Crippen MR) is 84.3 cm³/mol. The maximum atomic E-state index is 12.3. The van der Waals surface area contributed by atoms with Gasteiger partial charge in [-0.2, -0.15) is 0 Å². The van der Waals surface area contributed by atoms with Gasteiger partial charge in [-0.1, -0.05) is 25.7 Å². The molecule has 0 fully saturated rings. The molecule has 0 radical (unpaired) electrons. The van der Waals surface area contributed by atoms with E-state index in [1.165, 1.54) is 11.3 Å². The number of carbonyl (C=O) groups excluding carboxylic acids is 1. The van der Waals surface area contributed by atoms with E-state index in [0.717, 1.165) is 5.69 Å². The van der Waals surface area contributed by atoms with E-state index < -0.39 is 0 Å². The number of hydrogen-bond acceptors (Lipinski definition) is 5. The highest BCUT2D eigenvalue weighted by Crippen LogP contribution is 2.22. The van der Waals surface area contributed by atoms with E-state index in [4.69, 9.17) is 5.73 Å². The van der Waals surface area contributed by atoms with Crippen LogP contribution in [0.15, 0.2) is 23.8 Å². The Balaban J connectivity index is 2.20. The maximum Gasteiger partial charge on any atom is 0.258 e. The highest BCUT2D eigenvalue weighted by molar-refractivity contribution is 7.14. The number of pyridine rings is 1. The van der Waals surface area contributed by atoms with Gasteiger partial charge in [-0.05, 0) is 12.0 Å². The second-order valence-electron chi connectivity index (χ2n) is 4.61. The van der Waals surface area contributed by atoms with Gasteiger partial charge in [0.15, 0.2) is 5.13 Å². The molecule has 1 amide bonds. The predicted octanol–water partition coefficient (Wildman–Crippen LogP) is 2.22. The average Bonchev–Trinajstić information content (AvgIpc) is 2.94. The minimum Gasteiger partial charge on any atom is -0.320 e. The Morgan fingerprint density at radius 2 is 2.33 bits per heavy atom. The lowest BCUT2D eigenvalue weighted by molar-refractivity contribution is 0.102. The van der Waals surface area contributed by atoms with E-state index in [9.17, 15) is 4.79 Å². The average molecular weight is 300 g/mol. The molecule has 21 heavy (non-hydrogen) atoms. The summed E-state index contributed by atoms with van der Waals surface area (Å²) in [5.74, 6) is 5.66. The third-order valence-corrected chi connectivity index (χ3v) is 3.50. The summed E-state index contributed by atoms with van der Waals surface area (Å²) in [7, 11) is 0. The first-order valence-corrected chi connectivity index (χ1v) is 7.39. The van der Waals surface area contributed by atoms with Crippen LogP contribution in [0.25, 0.3) is 0 Å². The Hall–Kier alpha value is -2.23. The van der Waals surface area contributed by atoms with E-state index in [1.807, 2.05) is 5.38 Å². The molecule has 0 aliphatic rings. The van der Waals surface area contributed by atoms with Gasteiger partial charge in [-0.15, -0.1) is 11.3 Å². The lowest BCUT2D eigenvalue weighted by atomic mass is 10.1. The highest BCUT2D eigenvalue weighted by atomic mass is 32.1. The molecule has 6 heteroatoms. The Bertz CT molecular complexity index is 697. The maximum absolute atomic E-state index is 12.3. The summed E-state index contributed by atoms with van der Waals surface area (Å²) >= 11 is 1.41. The van der Waals surface area contributed by atoms with Gasteiger partial charge in [0, 0.05) is 17.8 Å². The number of amides is 1. The Morgan fingerprint density at radius 3 is 3.00 bits per heavy atom. The summed E-state index contributed by atoms with van der Waals surface area (Å²) in [6.07, 6.45) is 3.11. The number of carbonyl (C=O) groups is 1. The number of nitrogens with two attached hydrogens (primary N) is 1. The molecule has 108 valence electrons. The molecule has 2 rings (SSSR count). The largest absolute Gasteiger partial charge is 0.320 e. The molecule has 0 saturated heterocycles. The number of hydrogen-bond donors (Lipinski definition) is 2. The lowest BCUT2D eigenvalue weighted by Gasteiger charge is -2.04. The molecule has 0 bridgehead atoms. The van der Waals surface area contributed by atoms with Gasteiger partial charge in [-0.25, -0.2) is 4.98 Å². The fourth-order valence-corrected chi connectivity index (χ4v) is 2.48. The molecule has 2 aromatic heterocycles. The van der Waals surface area contributed by atoms with Crippen molar-refractivity contribution in [2.45, 2.75) is 19.8 Å². The standard InChI is InChI=1S/C15H16N4OS/c1-10(2)13-9-21-15(18-13)19-14(20)12-5-7-17-8-11(12)4-3-6-16/h5,7-10H,6,16H2,1-2H3,(H,18,19,20). The molecule has 0 aliphatic heterocycles. The van der Waals surface area contributed by atoms with Crippen LogP contribution in [-0.4, -0.2) is 22.4 Å². The zero-order valence-corrected chi connectivity index (χ0v) is 12.7. The van der Waals surface area contributed by atoms with Crippen LogP contribution in [0.4, 0.5) is 5.13 Å². The fraction of sp³-hybridized carbons (Fsp3) is 0.267. The van der Waals surface area contributed by atoms with Crippen LogP contribution in [0.2, 0.25) is 0 Å². The third kappa shape index (κ3) is 3.88. The number of nitrogens with zero attached hydrogens (tertiary/aromatic N) is 2. The number of anilines is 1. The topological polar surface area (TPSA) is 80.9 Å². The Morgan fingerprint density at radius 1 is 1.52 bits per heavy atom. The summed E-state index contributed by atoms with van der Waals surface area (Å²) in [5.41, 5.74) is 7.34. The van der Waals surface area contributed by atoms with Crippen LogP contribution in [0.5, 0.6) is 0 Å². The fourth-order valence-electron chi connectivity index (χ4n) is 1.61. The van der Waals surface area contributed by atoms with Crippen LogP contribution in [0.3, 0.4) is 0 Å². The third-order valence-electron chi connectivity index (χ3n) is 2.72. The van der Waals surface area contributed by atoms with Crippen molar-refractivity contribution in [1.29, 1.82) is 0 Å². The van der Waals surface area contributed by atoms with Gasteiger partial charge >= 0.3 is 0 Å². The van der Waals surface area contributed by atoms with Crippen molar-refractivity contribution in [1.82, 2.24) is 9.97 Å². The van der Waals surface area contributed by atoms with Gasteiger partial charge in [0.1, 0.15) is 0 Å². The zero-order valence-electron chi connectivity index (χ0n) is 11.9. The van der Waals surface area contributed by atoms with E-state index in [2.05, 4.69) is 41.0 Å².